The fourth-order valence-corrected chi connectivity index (χ4v) is 5.70. The zero-order valence-corrected chi connectivity index (χ0v) is 19.9. The highest BCUT2D eigenvalue weighted by Crippen LogP contribution is 2.23. The molecule has 8 heteroatoms. The Hall–Kier alpha value is -1.12. The molecule has 0 bridgehead atoms. The summed E-state index contributed by atoms with van der Waals surface area (Å²) >= 11 is 5.29. The molecule has 0 aliphatic carbocycles. The molecule has 2 aliphatic rings. The van der Waals surface area contributed by atoms with Gasteiger partial charge in [0.15, 0.2) is 0 Å². The van der Waals surface area contributed by atoms with E-state index < -0.39 is 0 Å². The highest BCUT2D eigenvalue weighted by molar-refractivity contribution is 9.11. The van der Waals surface area contributed by atoms with E-state index in [9.17, 15) is 9.59 Å². The van der Waals surface area contributed by atoms with Gasteiger partial charge in [0.25, 0.3) is 0 Å². The molecular formula is C21H33BrN4O2S. The van der Waals surface area contributed by atoms with Gasteiger partial charge in [-0.1, -0.05) is 13.8 Å². The smallest absolute Gasteiger partial charge is 0.317 e. The highest BCUT2D eigenvalue weighted by Gasteiger charge is 2.29. The third-order valence-corrected chi connectivity index (χ3v) is 7.75. The molecule has 3 amide bonds. The molecule has 1 N–H and O–H groups in total. The SMILES string of the molecule is CCC(CC)C(=O)N1CCC(NC(=O)N2CCN(Cc3ccc(Br)s3)CC2)CC1. The maximum Gasteiger partial charge on any atom is 0.317 e. The van der Waals surface area contributed by atoms with Gasteiger partial charge in [0.2, 0.25) is 5.91 Å². The molecule has 29 heavy (non-hydrogen) atoms. The summed E-state index contributed by atoms with van der Waals surface area (Å²) in [6, 6.07) is 4.48. The molecule has 0 unspecified atom stereocenters. The number of halogens is 1. The topological polar surface area (TPSA) is 55.9 Å². The molecule has 0 spiro atoms. The second-order valence-electron chi connectivity index (χ2n) is 8.03. The summed E-state index contributed by atoms with van der Waals surface area (Å²) in [4.78, 5) is 32.9. The maximum absolute atomic E-state index is 12.7. The van der Waals surface area contributed by atoms with Gasteiger partial charge in [0.1, 0.15) is 0 Å². The van der Waals surface area contributed by atoms with Crippen LogP contribution < -0.4 is 5.32 Å². The first-order valence-corrected chi connectivity index (χ1v) is 12.4. The second-order valence-corrected chi connectivity index (χ2v) is 10.6. The first kappa shape index (κ1) is 22.6. The largest absolute Gasteiger partial charge is 0.342 e. The van der Waals surface area contributed by atoms with Crippen LogP contribution in [0.15, 0.2) is 15.9 Å². The summed E-state index contributed by atoms with van der Waals surface area (Å²) < 4.78 is 1.16. The summed E-state index contributed by atoms with van der Waals surface area (Å²) in [6.07, 6.45) is 3.51. The monoisotopic (exact) mass is 484 g/mol. The van der Waals surface area contributed by atoms with Crippen LogP contribution in [-0.2, 0) is 11.3 Å². The minimum Gasteiger partial charge on any atom is -0.342 e. The Morgan fingerprint density at radius 3 is 2.28 bits per heavy atom. The fourth-order valence-electron chi connectivity index (χ4n) is 4.17. The number of urea groups is 1. The van der Waals surface area contributed by atoms with Crippen LogP contribution in [0.25, 0.3) is 0 Å². The molecule has 0 atom stereocenters. The van der Waals surface area contributed by atoms with E-state index in [0.717, 1.165) is 75.3 Å². The van der Waals surface area contributed by atoms with E-state index in [4.69, 9.17) is 0 Å². The Kier molecular flexibility index (Phi) is 8.38. The number of nitrogens with one attached hydrogen (secondary N) is 1. The zero-order valence-electron chi connectivity index (χ0n) is 17.5. The predicted octanol–water partition coefficient (Wildman–Crippen LogP) is 3.77. The standard InChI is InChI=1S/C21H33BrN4O2S/c1-3-16(4-2)20(27)25-9-7-17(8-10-25)23-21(28)26-13-11-24(12-14-26)15-18-5-6-19(22)29-18/h5-6,16-17H,3-4,7-15H2,1-2H3,(H,23,28). The van der Waals surface area contributed by atoms with Crippen LogP contribution >= 0.6 is 27.3 Å². The van der Waals surface area contributed by atoms with Gasteiger partial charge < -0.3 is 15.1 Å². The molecule has 6 nitrogen and oxygen atoms in total. The molecule has 2 fully saturated rings. The average molecular weight is 485 g/mol. The second kappa shape index (κ2) is 10.8. The molecular weight excluding hydrogens is 452 g/mol. The van der Waals surface area contributed by atoms with E-state index in [1.165, 1.54) is 4.88 Å². The van der Waals surface area contributed by atoms with Crippen molar-refractivity contribution in [2.45, 2.75) is 52.1 Å². The van der Waals surface area contributed by atoms with Crippen LogP contribution in [0.4, 0.5) is 4.79 Å². The van der Waals surface area contributed by atoms with Crippen LogP contribution in [0.2, 0.25) is 0 Å². The predicted molar refractivity (Wildman–Crippen MR) is 121 cm³/mol. The molecule has 3 rings (SSSR count). The number of hydrogen-bond acceptors (Lipinski definition) is 4. The first-order chi connectivity index (χ1) is 14.0. The van der Waals surface area contributed by atoms with Crippen molar-refractivity contribution in [2.75, 3.05) is 39.3 Å². The minimum absolute atomic E-state index is 0.0493. The van der Waals surface area contributed by atoms with Crippen molar-refractivity contribution >= 4 is 39.2 Å². The maximum atomic E-state index is 12.7. The van der Waals surface area contributed by atoms with Gasteiger partial charge in [0, 0.05) is 62.7 Å². The number of likely N-dealkylation sites (tertiary alicyclic amines) is 1. The fraction of sp³-hybridized carbons (Fsp3) is 0.714. The van der Waals surface area contributed by atoms with E-state index in [0.29, 0.717) is 0 Å². The van der Waals surface area contributed by atoms with Gasteiger partial charge in [-0.3, -0.25) is 9.69 Å². The van der Waals surface area contributed by atoms with Crippen LogP contribution in [0, 0.1) is 5.92 Å². The lowest BCUT2D eigenvalue weighted by Crippen LogP contribution is -2.55. The van der Waals surface area contributed by atoms with E-state index in [1.807, 2.05) is 9.80 Å². The quantitative estimate of drug-likeness (QED) is 0.668. The van der Waals surface area contributed by atoms with Crippen LogP contribution in [-0.4, -0.2) is 71.9 Å². The lowest BCUT2D eigenvalue weighted by molar-refractivity contribution is -0.136. The number of thiophene rings is 1. The summed E-state index contributed by atoms with van der Waals surface area (Å²) in [5, 5.41) is 3.20. The van der Waals surface area contributed by atoms with Crippen LogP contribution in [0.5, 0.6) is 0 Å². The number of piperidine rings is 1. The van der Waals surface area contributed by atoms with Gasteiger partial charge in [-0.25, -0.2) is 4.79 Å². The zero-order chi connectivity index (χ0) is 20.8. The summed E-state index contributed by atoms with van der Waals surface area (Å²) in [5.41, 5.74) is 0. The van der Waals surface area contributed by atoms with Crippen molar-refractivity contribution in [2.24, 2.45) is 5.92 Å². The number of amides is 3. The van der Waals surface area contributed by atoms with Gasteiger partial charge in [0.05, 0.1) is 3.79 Å². The number of piperazine rings is 1. The van der Waals surface area contributed by atoms with Crippen molar-refractivity contribution < 1.29 is 9.59 Å². The number of carbonyl (C=O) groups is 2. The summed E-state index contributed by atoms with van der Waals surface area (Å²) in [7, 11) is 0. The average Bonchev–Trinajstić information content (AvgIpc) is 3.14. The normalized spacial score (nSPS) is 19.0. The van der Waals surface area contributed by atoms with Crippen LogP contribution in [0.1, 0.15) is 44.4 Å². The van der Waals surface area contributed by atoms with Gasteiger partial charge in [-0.05, 0) is 53.7 Å². The molecule has 2 aliphatic heterocycles. The molecule has 162 valence electrons. The van der Waals surface area contributed by atoms with Crippen molar-refractivity contribution in [1.29, 1.82) is 0 Å². The molecule has 0 aromatic carbocycles. The van der Waals surface area contributed by atoms with Gasteiger partial charge >= 0.3 is 6.03 Å². The molecule has 3 heterocycles. The first-order valence-electron chi connectivity index (χ1n) is 10.8. The minimum atomic E-state index is 0.0493. The number of carbonyl (C=O) groups excluding carboxylic acids is 2. The Labute approximate surface area is 186 Å². The molecule has 0 radical (unpaired) electrons. The summed E-state index contributed by atoms with van der Waals surface area (Å²) in [5.74, 6) is 0.432. The Morgan fingerprint density at radius 1 is 1.07 bits per heavy atom. The van der Waals surface area contributed by atoms with E-state index in [2.05, 4.69) is 52.1 Å². The lowest BCUT2D eigenvalue weighted by atomic mass is 9.98. The summed E-state index contributed by atoms with van der Waals surface area (Å²) in [6.45, 7) is 9.98. The van der Waals surface area contributed by atoms with Crippen LogP contribution in [0.3, 0.4) is 0 Å². The van der Waals surface area contributed by atoms with Crippen molar-refractivity contribution in [3.05, 3.63) is 20.8 Å². The van der Waals surface area contributed by atoms with Gasteiger partial charge in [-0.15, -0.1) is 11.3 Å². The molecule has 2 saturated heterocycles. The van der Waals surface area contributed by atoms with Gasteiger partial charge in [-0.2, -0.15) is 0 Å². The van der Waals surface area contributed by atoms with E-state index >= 15 is 0 Å². The number of rotatable bonds is 6. The van der Waals surface area contributed by atoms with E-state index in [-0.39, 0.29) is 23.9 Å². The molecule has 1 aromatic rings. The Balaban J connectivity index is 1.38. The number of nitrogens with zero attached hydrogens (tertiary/aromatic N) is 3. The molecule has 1 aromatic heterocycles. The Morgan fingerprint density at radius 2 is 1.72 bits per heavy atom. The van der Waals surface area contributed by atoms with Crippen molar-refractivity contribution in [3.63, 3.8) is 0 Å². The van der Waals surface area contributed by atoms with Crippen molar-refractivity contribution in [1.82, 2.24) is 20.0 Å². The third kappa shape index (κ3) is 6.18. The lowest BCUT2D eigenvalue weighted by Gasteiger charge is -2.37. The number of hydrogen-bond donors (Lipinski definition) is 1. The van der Waals surface area contributed by atoms with E-state index in [1.54, 1.807) is 11.3 Å². The highest BCUT2D eigenvalue weighted by atomic mass is 79.9. The van der Waals surface area contributed by atoms with Crippen molar-refractivity contribution in [3.8, 4) is 0 Å². The molecule has 0 saturated carbocycles. The Bertz CT molecular complexity index is 678. The third-order valence-electron chi connectivity index (χ3n) is 6.14.